The number of H-pyrrole nitrogens is 1. The Bertz CT molecular complexity index is 1410. The third kappa shape index (κ3) is 5.56. The van der Waals surface area contributed by atoms with Crippen molar-refractivity contribution in [2.24, 2.45) is 0 Å². The standard InChI is InChI=1S/C23H20F10N6O2/c1-41-19(40)38-14-5-4-11-12(8-35-17(11)15(14)20(24,22(28,29)30)23(31,32)33)16-13(21(25,26)27)9-36-18(39-16)37-10-3-2-6-34-7-10/h4-5,8-10,34-35H,2-3,6-7H2,1H3,(H,38,40)(H,36,37,39)/t10-/m0/s1. The minimum absolute atomic E-state index is 0.277. The molecule has 1 saturated heterocycles. The van der Waals surface area contributed by atoms with Crippen molar-refractivity contribution in [1.82, 2.24) is 20.3 Å². The van der Waals surface area contributed by atoms with Crippen LogP contribution in [0.15, 0.2) is 24.5 Å². The normalized spacial score (nSPS) is 17.0. The minimum atomic E-state index is -6.62. The molecule has 2 aromatic heterocycles. The molecule has 224 valence electrons. The summed E-state index contributed by atoms with van der Waals surface area (Å²) in [4.78, 5) is 21.3. The molecule has 1 aliphatic rings. The molecule has 0 unspecified atom stereocenters. The Kier molecular flexibility index (Phi) is 7.74. The lowest BCUT2D eigenvalue weighted by Gasteiger charge is -2.32. The van der Waals surface area contributed by atoms with E-state index in [0.717, 1.165) is 19.6 Å². The number of amides is 1. The molecule has 0 aliphatic carbocycles. The molecule has 41 heavy (non-hydrogen) atoms. The lowest BCUT2D eigenvalue weighted by atomic mass is 9.89. The number of aromatic amines is 1. The molecule has 1 atom stereocenters. The molecule has 0 saturated carbocycles. The Labute approximate surface area is 223 Å². The second-order valence-corrected chi connectivity index (χ2v) is 9.02. The van der Waals surface area contributed by atoms with Gasteiger partial charge in [-0.05, 0) is 25.5 Å². The second kappa shape index (κ2) is 10.5. The fourth-order valence-electron chi connectivity index (χ4n) is 4.48. The van der Waals surface area contributed by atoms with Crippen LogP contribution in [-0.4, -0.2) is 59.6 Å². The summed E-state index contributed by atoms with van der Waals surface area (Å²) in [6.45, 7) is 1.15. The minimum Gasteiger partial charge on any atom is -0.453 e. The zero-order chi connectivity index (χ0) is 30.4. The van der Waals surface area contributed by atoms with E-state index in [1.54, 1.807) is 5.32 Å². The summed E-state index contributed by atoms with van der Waals surface area (Å²) in [5.74, 6) is -0.286. The van der Waals surface area contributed by atoms with Crippen LogP contribution < -0.4 is 16.0 Å². The van der Waals surface area contributed by atoms with Gasteiger partial charge in [0.15, 0.2) is 0 Å². The lowest BCUT2D eigenvalue weighted by molar-refractivity contribution is -0.348. The predicted molar refractivity (Wildman–Crippen MR) is 125 cm³/mol. The fourth-order valence-corrected chi connectivity index (χ4v) is 4.48. The molecule has 1 aromatic carbocycles. The number of hydrogen-bond donors (Lipinski definition) is 4. The van der Waals surface area contributed by atoms with Crippen molar-refractivity contribution in [1.29, 1.82) is 0 Å². The van der Waals surface area contributed by atoms with Crippen LogP contribution in [0.3, 0.4) is 0 Å². The monoisotopic (exact) mass is 602 g/mol. The van der Waals surface area contributed by atoms with Crippen LogP contribution in [0.25, 0.3) is 22.2 Å². The van der Waals surface area contributed by atoms with Gasteiger partial charge in [-0.3, -0.25) is 5.32 Å². The number of halogens is 10. The van der Waals surface area contributed by atoms with Gasteiger partial charge in [0.1, 0.15) is 5.56 Å². The van der Waals surface area contributed by atoms with Gasteiger partial charge in [-0.15, -0.1) is 0 Å². The van der Waals surface area contributed by atoms with Gasteiger partial charge in [0.05, 0.1) is 29.6 Å². The number of benzene rings is 1. The van der Waals surface area contributed by atoms with Crippen LogP contribution in [0.2, 0.25) is 0 Å². The highest BCUT2D eigenvalue weighted by molar-refractivity contribution is 6.01. The topological polar surface area (TPSA) is 104 Å². The van der Waals surface area contributed by atoms with Crippen molar-refractivity contribution in [2.75, 3.05) is 30.8 Å². The zero-order valence-corrected chi connectivity index (χ0v) is 20.7. The van der Waals surface area contributed by atoms with E-state index < -0.39 is 69.3 Å². The van der Waals surface area contributed by atoms with Crippen molar-refractivity contribution in [3.63, 3.8) is 0 Å². The number of hydrogen-bond acceptors (Lipinski definition) is 6. The number of ether oxygens (including phenoxy) is 1. The molecule has 1 aliphatic heterocycles. The number of carbonyl (C=O) groups excluding carboxylic acids is 1. The molecule has 1 fully saturated rings. The highest BCUT2D eigenvalue weighted by atomic mass is 19.4. The molecule has 0 spiro atoms. The number of carbonyl (C=O) groups is 1. The molecular weight excluding hydrogens is 582 g/mol. The van der Waals surface area contributed by atoms with Crippen molar-refractivity contribution >= 4 is 28.6 Å². The maximum absolute atomic E-state index is 15.4. The highest BCUT2D eigenvalue weighted by Gasteiger charge is 2.75. The molecule has 18 heteroatoms. The Morgan fingerprint density at radius 1 is 1.05 bits per heavy atom. The number of methoxy groups -OCH3 is 1. The second-order valence-electron chi connectivity index (χ2n) is 9.02. The van der Waals surface area contributed by atoms with Crippen LogP contribution in [-0.2, 0) is 16.6 Å². The van der Waals surface area contributed by atoms with Gasteiger partial charge in [0, 0.05) is 35.9 Å². The SMILES string of the molecule is COC(=O)Nc1ccc2c(-c3nc(N[C@H]4CCCNC4)ncc3C(F)(F)F)c[nH]c2c1C(F)(C(F)(F)F)C(F)(F)F. The van der Waals surface area contributed by atoms with E-state index in [9.17, 15) is 44.3 Å². The van der Waals surface area contributed by atoms with Gasteiger partial charge in [-0.1, -0.05) is 6.07 Å². The summed E-state index contributed by atoms with van der Waals surface area (Å²) >= 11 is 0. The Hall–Kier alpha value is -3.83. The molecular formula is C23H20F10N6O2. The Morgan fingerprint density at radius 2 is 1.73 bits per heavy atom. The first-order valence-electron chi connectivity index (χ1n) is 11.7. The molecule has 1 amide bonds. The van der Waals surface area contributed by atoms with Crippen LogP contribution in [0.4, 0.5) is 60.3 Å². The third-order valence-corrected chi connectivity index (χ3v) is 6.38. The van der Waals surface area contributed by atoms with Crippen LogP contribution in [0.1, 0.15) is 24.0 Å². The van der Waals surface area contributed by atoms with E-state index >= 15 is 4.39 Å². The first-order valence-corrected chi connectivity index (χ1v) is 11.7. The first-order chi connectivity index (χ1) is 19.0. The number of anilines is 2. The number of aromatic nitrogens is 3. The van der Waals surface area contributed by atoms with Crippen molar-refractivity contribution in [3.8, 4) is 11.3 Å². The first kappa shape index (κ1) is 30.1. The molecule has 0 bridgehead atoms. The summed E-state index contributed by atoms with van der Waals surface area (Å²) in [6.07, 6.45) is -17.4. The Balaban J connectivity index is 1.99. The van der Waals surface area contributed by atoms with E-state index in [0.29, 0.717) is 38.0 Å². The van der Waals surface area contributed by atoms with Crippen molar-refractivity contribution < 1.29 is 53.4 Å². The molecule has 8 nitrogen and oxygen atoms in total. The average Bonchev–Trinajstić information content (AvgIpc) is 3.30. The van der Waals surface area contributed by atoms with Crippen LogP contribution in [0, 0.1) is 0 Å². The van der Waals surface area contributed by atoms with Gasteiger partial charge < -0.3 is 20.4 Å². The highest BCUT2D eigenvalue weighted by Crippen LogP contribution is 2.57. The third-order valence-electron chi connectivity index (χ3n) is 6.38. The summed E-state index contributed by atoms with van der Waals surface area (Å²) in [5.41, 5.74) is -13.6. The maximum Gasteiger partial charge on any atom is 0.436 e. The maximum atomic E-state index is 15.4. The summed E-state index contributed by atoms with van der Waals surface area (Å²) < 4.78 is 144. The van der Waals surface area contributed by atoms with Crippen molar-refractivity contribution in [2.45, 2.75) is 43.1 Å². The largest absolute Gasteiger partial charge is 0.453 e. The predicted octanol–water partition coefficient (Wildman–Crippen LogP) is 6.28. The smallest absolute Gasteiger partial charge is 0.436 e. The van der Waals surface area contributed by atoms with E-state index in [1.165, 1.54) is 0 Å². The number of fused-ring (bicyclic) bond motifs is 1. The van der Waals surface area contributed by atoms with E-state index in [4.69, 9.17) is 0 Å². The molecule has 4 rings (SSSR count). The van der Waals surface area contributed by atoms with Crippen LogP contribution >= 0.6 is 0 Å². The van der Waals surface area contributed by atoms with Gasteiger partial charge in [0.25, 0.3) is 0 Å². The van der Waals surface area contributed by atoms with Gasteiger partial charge in [-0.2, -0.15) is 39.5 Å². The summed E-state index contributed by atoms with van der Waals surface area (Å²) in [5, 5.41) is 6.82. The number of piperidine rings is 1. The Morgan fingerprint density at radius 3 is 2.29 bits per heavy atom. The molecule has 3 aromatic rings. The average molecular weight is 602 g/mol. The van der Waals surface area contributed by atoms with Gasteiger partial charge in [-0.25, -0.2) is 19.2 Å². The van der Waals surface area contributed by atoms with Gasteiger partial charge >= 0.3 is 30.3 Å². The fraction of sp³-hybridized carbons (Fsp3) is 0.435. The quantitative estimate of drug-likeness (QED) is 0.257. The van der Waals surface area contributed by atoms with Crippen LogP contribution in [0.5, 0.6) is 0 Å². The molecule has 4 N–H and O–H groups in total. The molecule has 3 heterocycles. The summed E-state index contributed by atoms with van der Waals surface area (Å²) in [6, 6.07) is 1.02. The number of rotatable bonds is 5. The van der Waals surface area contributed by atoms with E-state index in [1.807, 2.05) is 4.98 Å². The van der Waals surface area contributed by atoms with E-state index in [2.05, 4.69) is 25.3 Å². The van der Waals surface area contributed by atoms with E-state index in [-0.39, 0.29) is 12.0 Å². The summed E-state index contributed by atoms with van der Waals surface area (Å²) in [7, 11) is 0.749. The number of nitrogens with one attached hydrogen (secondary N) is 4. The zero-order valence-electron chi connectivity index (χ0n) is 20.7. The number of nitrogens with zero attached hydrogens (tertiary/aromatic N) is 2. The number of alkyl halides is 10. The molecule has 0 radical (unpaired) electrons. The van der Waals surface area contributed by atoms with Crippen molar-refractivity contribution in [3.05, 3.63) is 35.7 Å². The van der Waals surface area contributed by atoms with Gasteiger partial charge in [0.2, 0.25) is 5.95 Å². The lowest BCUT2D eigenvalue weighted by Crippen LogP contribution is -2.51.